The minimum absolute atomic E-state index is 0.137. The molecule has 55 heavy (non-hydrogen) atoms. The van der Waals surface area contributed by atoms with Crippen molar-refractivity contribution in [2.45, 2.75) is 308 Å². The van der Waals surface area contributed by atoms with Crippen LogP contribution in [0.4, 0.5) is 0 Å². The van der Waals surface area contributed by atoms with Gasteiger partial charge >= 0.3 is 0 Å². The van der Waals surface area contributed by atoms with Gasteiger partial charge in [-0.2, -0.15) is 0 Å². The zero-order valence-electron chi connectivity index (χ0n) is 37.6. The maximum Gasteiger partial charge on any atom is 0.220 e. The summed E-state index contributed by atoms with van der Waals surface area (Å²) < 4.78 is 0. The van der Waals surface area contributed by atoms with Gasteiger partial charge < -0.3 is 20.6 Å². The Hall–Kier alpha value is -0.650. The van der Waals surface area contributed by atoms with Gasteiger partial charge in [0.2, 0.25) is 5.91 Å². The Bertz CT molecular complexity index is 733. The third kappa shape index (κ3) is 41.3. The van der Waals surface area contributed by atoms with Crippen LogP contribution >= 0.6 is 0 Å². The van der Waals surface area contributed by atoms with Crippen LogP contribution in [0, 0.1) is 0 Å². The zero-order chi connectivity index (χ0) is 40.1. The number of carbonyl (C=O) groups is 1. The second-order valence-corrected chi connectivity index (χ2v) is 17.7. The fourth-order valence-corrected chi connectivity index (χ4v) is 8.28. The topological polar surface area (TPSA) is 89.8 Å². The molecule has 0 rings (SSSR count). The molecule has 5 nitrogen and oxygen atoms in total. The molecule has 0 aliphatic heterocycles. The minimum Gasteiger partial charge on any atom is -0.394 e. The van der Waals surface area contributed by atoms with Crippen LogP contribution in [0.25, 0.3) is 0 Å². The Morgan fingerprint density at radius 1 is 0.382 bits per heavy atom. The number of carbonyl (C=O) groups excluding carboxylic acids is 1. The smallest absolute Gasteiger partial charge is 0.220 e. The molecule has 0 radical (unpaired) electrons. The van der Waals surface area contributed by atoms with Crippen LogP contribution in [0.15, 0.2) is 0 Å². The van der Waals surface area contributed by atoms with Crippen LogP contribution in [0.1, 0.15) is 290 Å². The molecule has 5 heteroatoms. The predicted molar refractivity (Wildman–Crippen MR) is 241 cm³/mol. The fraction of sp³-hybridized carbons (Fsp3) is 0.980. The molecule has 1 amide bonds. The Morgan fingerprint density at radius 3 is 0.873 bits per heavy atom. The van der Waals surface area contributed by atoms with E-state index in [0.717, 1.165) is 32.1 Å². The lowest BCUT2D eigenvalue weighted by Crippen LogP contribution is -2.50. The summed E-state index contributed by atoms with van der Waals surface area (Å²) >= 11 is 0. The van der Waals surface area contributed by atoms with Crippen LogP contribution in [0.5, 0.6) is 0 Å². The average molecular weight is 780 g/mol. The standard InChI is InChI=1S/C50H101NO4/c1-3-5-7-9-11-13-15-17-19-21-22-23-24-25-26-27-28-29-31-33-35-37-39-41-43-45-49(54)51-47(46-52)50(55)48(53)44-42-40-38-36-34-32-30-20-18-16-14-12-10-8-6-4-2/h47-48,50,52-53,55H,3-46H2,1-2H3,(H,51,54). The molecule has 0 aromatic heterocycles. The van der Waals surface area contributed by atoms with Crippen molar-refractivity contribution in [2.24, 2.45) is 0 Å². The summed E-state index contributed by atoms with van der Waals surface area (Å²) in [4.78, 5) is 12.5. The summed E-state index contributed by atoms with van der Waals surface area (Å²) in [6.45, 7) is 4.21. The fourth-order valence-electron chi connectivity index (χ4n) is 8.28. The molecule has 0 bridgehead atoms. The third-order valence-electron chi connectivity index (χ3n) is 12.2. The molecule has 0 saturated heterocycles. The third-order valence-corrected chi connectivity index (χ3v) is 12.2. The van der Waals surface area contributed by atoms with E-state index in [2.05, 4.69) is 19.2 Å². The molecule has 0 heterocycles. The number of rotatable bonds is 47. The molecule has 0 aromatic rings. The maximum absolute atomic E-state index is 12.5. The predicted octanol–water partition coefficient (Wildman–Crippen LogP) is 15.0. The van der Waals surface area contributed by atoms with Crippen LogP contribution < -0.4 is 5.32 Å². The van der Waals surface area contributed by atoms with Gasteiger partial charge in [-0.1, -0.05) is 271 Å². The monoisotopic (exact) mass is 780 g/mol. The van der Waals surface area contributed by atoms with E-state index in [1.54, 1.807) is 0 Å². The molecule has 4 N–H and O–H groups in total. The van der Waals surface area contributed by atoms with Gasteiger partial charge in [0.05, 0.1) is 18.8 Å². The van der Waals surface area contributed by atoms with Crippen LogP contribution in [0.3, 0.4) is 0 Å². The van der Waals surface area contributed by atoms with Gasteiger partial charge in [-0.05, 0) is 12.8 Å². The van der Waals surface area contributed by atoms with Crippen molar-refractivity contribution in [3.8, 4) is 0 Å². The van der Waals surface area contributed by atoms with Crippen LogP contribution in [-0.4, -0.2) is 46.1 Å². The summed E-state index contributed by atoms with van der Waals surface area (Å²) in [6, 6.07) is -0.803. The normalized spacial score (nSPS) is 13.3. The van der Waals surface area contributed by atoms with E-state index < -0.39 is 18.2 Å². The van der Waals surface area contributed by atoms with E-state index in [0.29, 0.717) is 12.8 Å². The number of aliphatic hydroxyl groups is 3. The second-order valence-electron chi connectivity index (χ2n) is 17.7. The Kier molecular flexibility index (Phi) is 45.5. The van der Waals surface area contributed by atoms with Gasteiger partial charge in [0.15, 0.2) is 0 Å². The molecule has 0 aliphatic carbocycles. The van der Waals surface area contributed by atoms with Crippen molar-refractivity contribution in [2.75, 3.05) is 6.61 Å². The first kappa shape index (κ1) is 54.3. The van der Waals surface area contributed by atoms with Gasteiger partial charge in [-0.15, -0.1) is 0 Å². The summed E-state index contributed by atoms with van der Waals surface area (Å²) in [6.07, 6.45) is 53.8. The highest BCUT2D eigenvalue weighted by Crippen LogP contribution is 2.18. The molecule has 0 aromatic carbocycles. The molecule has 3 unspecified atom stereocenters. The lowest BCUT2D eigenvalue weighted by atomic mass is 9.99. The quantitative estimate of drug-likeness (QED) is 0.0463. The highest BCUT2D eigenvalue weighted by molar-refractivity contribution is 5.76. The first-order valence-electron chi connectivity index (χ1n) is 25.3. The maximum atomic E-state index is 12.5. The number of aliphatic hydroxyl groups excluding tert-OH is 3. The summed E-state index contributed by atoms with van der Waals surface area (Å²) in [5.74, 6) is -0.137. The molecule has 0 aliphatic rings. The average Bonchev–Trinajstić information content (AvgIpc) is 3.19. The van der Waals surface area contributed by atoms with E-state index in [1.165, 1.54) is 231 Å². The lowest BCUT2D eigenvalue weighted by Gasteiger charge is -2.26. The van der Waals surface area contributed by atoms with Crippen molar-refractivity contribution in [1.82, 2.24) is 5.32 Å². The summed E-state index contributed by atoms with van der Waals surface area (Å²) in [5.41, 5.74) is 0. The number of unbranched alkanes of at least 4 members (excludes halogenated alkanes) is 39. The SMILES string of the molecule is CCCCCCCCCCCCCCCCCCCCCCCCCCCC(=O)NC(CO)C(O)C(O)CCCCCCCCCCCCCCCCCC. The van der Waals surface area contributed by atoms with Gasteiger partial charge in [0.1, 0.15) is 6.10 Å². The molecular weight excluding hydrogens is 679 g/mol. The molecule has 0 fully saturated rings. The van der Waals surface area contributed by atoms with Crippen molar-refractivity contribution < 1.29 is 20.1 Å². The van der Waals surface area contributed by atoms with E-state index >= 15 is 0 Å². The largest absolute Gasteiger partial charge is 0.394 e. The Balaban J connectivity index is 3.51. The molecule has 0 spiro atoms. The van der Waals surface area contributed by atoms with E-state index in [9.17, 15) is 20.1 Å². The van der Waals surface area contributed by atoms with E-state index in [1.807, 2.05) is 0 Å². The van der Waals surface area contributed by atoms with E-state index in [-0.39, 0.29) is 12.5 Å². The summed E-state index contributed by atoms with van der Waals surface area (Å²) in [5, 5.41) is 33.7. The minimum atomic E-state index is -1.13. The molecule has 0 saturated carbocycles. The van der Waals surface area contributed by atoms with Crippen LogP contribution in [0.2, 0.25) is 0 Å². The first-order chi connectivity index (χ1) is 27.1. The van der Waals surface area contributed by atoms with Gasteiger partial charge in [-0.3, -0.25) is 4.79 Å². The molecular formula is C50H101NO4. The Labute approximate surface area is 345 Å². The van der Waals surface area contributed by atoms with Gasteiger partial charge in [-0.25, -0.2) is 0 Å². The highest BCUT2D eigenvalue weighted by atomic mass is 16.3. The van der Waals surface area contributed by atoms with Crippen LogP contribution in [-0.2, 0) is 4.79 Å². The van der Waals surface area contributed by atoms with Crippen molar-refractivity contribution >= 4 is 5.91 Å². The Morgan fingerprint density at radius 2 is 0.618 bits per heavy atom. The summed E-state index contributed by atoms with van der Waals surface area (Å²) in [7, 11) is 0. The highest BCUT2D eigenvalue weighted by Gasteiger charge is 2.26. The second kappa shape index (κ2) is 46.0. The van der Waals surface area contributed by atoms with E-state index in [4.69, 9.17) is 0 Å². The number of hydrogen-bond donors (Lipinski definition) is 4. The number of amides is 1. The lowest BCUT2D eigenvalue weighted by molar-refractivity contribution is -0.124. The van der Waals surface area contributed by atoms with Crippen molar-refractivity contribution in [3.05, 3.63) is 0 Å². The van der Waals surface area contributed by atoms with Crippen molar-refractivity contribution in [3.63, 3.8) is 0 Å². The van der Waals surface area contributed by atoms with Gasteiger partial charge in [0.25, 0.3) is 0 Å². The number of hydrogen-bond acceptors (Lipinski definition) is 4. The van der Waals surface area contributed by atoms with Crippen molar-refractivity contribution in [1.29, 1.82) is 0 Å². The molecule has 330 valence electrons. The molecule has 3 atom stereocenters. The number of nitrogens with one attached hydrogen (secondary N) is 1. The first-order valence-corrected chi connectivity index (χ1v) is 25.3. The van der Waals surface area contributed by atoms with Gasteiger partial charge in [0, 0.05) is 6.42 Å². The zero-order valence-corrected chi connectivity index (χ0v) is 37.6.